The molecule has 0 atom stereocenters. The molecule has 1 amide bonds. The van der Waals surface area contributed by atoms with Crippen molar-refractivity contribution in [3.05, 3.63) is 29.1 Å². The van der Waals surface area contributed by atoms with Gasteiger partial charge in [-0.15, -0.1) is 0 Å². The SMILES string of the molecule is Cc1c(F)cc(C(=O)NCCC2CCC2)cc1S(N)(=O)=O. The Kier molecular flexibility index (Phi) is 4.63. The molecule has 1 aromatic carbocycles. The van der Waals surface area contributed by atoms with Crippen LogP contribution in [0, 0.1) is 18.7 Å². The molecule has 2 rings (SSSR count). The van der Waals surface area contributed by atoms with E-state index in [4.69, 9.17) is 5.14 Å². The summed E-state index contributed by atoms with van der Waals surface area (Å²) >= 11 is 0. The largest absolute Gasteiger partial charge is 0.352 e. The highest BCUT2D eigenvalue weighted by Gasteiger charge is 2.20. The van der Waals surface area contributed by atoms with E-state index in [0.717, 1.165) is 18.6 Å². The number of rotatable bonds is 5. The van der Waals surface area contributed by atoms with E-state index in [9.17, 15) is 17.6 Å². The van der Waals surface area contributed by atoms with Crippen molar-refractivity contribution in [3.63, 3.8) is 0 Å². The van der Waals surface area contributed by atoms with Gasteiger partial charge < -0.3 is 5.32 Å². The lowest BCUT2D eigenvalue weighted by Crippen LogP contribution is -2.28. The monoisotopic (exact) mass is 314 g/mol. The first-order valence-corrected chi connectivity index (χ1v) is 8.45. The quantitative estimate of drug-likeness (QED) is 0.867. The molecule has 1 fully saturated rings. The van der Waals surface area contributed by atoms with Gasteiger partial charge in [0.2, 0.25) is 10.0 Å². The van der Waals surface area contributed by atoms with E-state index in [1.165, 1.54) is 26.2 Å². The molecule has 116 valence electrons. The lowest BCUT2D eigenvalue weighted by molar-refractivity contribution is 0.0948. The van der Waals surface area contributed by atoms with E-state index >= 15 is 0 Å². The molecule has 7 heteroatoms. The molecule has 1 aliphatic carbocycles. The van der Waals surface area contributed by atoms with Gasteiger partial charge in [0.25, 0.3) is 5.91 Å². The first-order chi connectivity index (χ1) is 9.79. The van der Waals surface area contributed by atoms with Crippen LogP contribution >= 0.6 is 0 Å². The second-order valence-electron chi connectivity index (χ2n) is 5.47. The van der Waals surface area contributed by atoms with Crippen molar-refractivity contribution in [1.82, 2.24) is 5.32 Å². The Labute approximate surface area is 123 Å². The second-order valence-corrected chi connectivity index (χ2v) is 7.00. The molecule has 0 unspecified atom stereocenters. The number of carbonyl (C=O) groups is 1. The number of amides is 1. The van der Waals surface area contributed by atoms with E-state index in [1.54, 1.807) is 0 Å². The summed E-state index contributed by atoms with van der Waals surface area (Å²) in [5.74, 6) is -0.594. The number of halogens is 1. The molecular weight excluding hydrogens is 295 g/mol. The van der Waals surface area contributed by atoms with Crippen LogP contribution in [0.15, 0.2) is 17.0 Å². The minimum absolute atomic E-state index is 0.0317. The summed E-state index contributed by atoms with van der Waals surface area (Å²) in [5, 5.41) is 7.72. The Morgan fingerprint density at radius 2 is 2.10 bits per heavy atom. The molecule has 0 heterocycles. The maximum atomic E-state index is 13.7. The Hall–Kier alpha value is -1.47. The fraction of sp³-hybridized carbons (Fsp3) is 0.500. The van der Waals surface area contributed by atoms with E-state index < -0.39 is 21.7 Å². The minimum Gasteiger partial charge on any atom is -0.352 e. The van der Waals surface area contributed by atoms with Crippen molar-refractivity contribution in [3.8, 4) is 0 Å². The van der Waals surface area contributed by atoms with Gasteiger partial charge in [0.05, 0.1) is 4.90 Å². The number of nitrogens with one attached hydrogen (secondary N) is 1. The number of hydrogen-bond donors (Lipinski definition) is 2. The Morgan fingerprint density at radius 1 is 1.43 bits per heavy atom. The molecule has 0 aliphatic heterocycles. The van der Waals surface area contributed by atoms with Crippen molar-refractivity contribution < 1.29 is 17.6 Å². The van der Waals surface area contributed by atoms with Crippen LogP contribution in [-0.4, -0.2) is 20.9 Å². The first kappa shape index (κ1) is 15.9. The standard InChI is InChI=1S/C14H19FN2O3S/c1-9-12(15)7-11(8-13(9)21(16,19)20)14(18)17-6-5-10-3-2-4-10/h7-8,10H,2-6H2,1H3,(H,17,18)(H2,16,19,20). The maximum Gasteiger partial charge on any atom is 0.251 e. The van der Waals surface area contributed by atoms with E-state index in [-0.39, 0.29) is 16.0 Å². The fourth-order valence-electron chi connectivity index (χ4n) is 2.35. The summed E-state index contributed by atoms with van der Waals surface area (Å²) in [4.78, 5) is 11.6. The third-order valence-corrected chi connectivity index (χ3v) is 4.97. The van der Waals surface area contributed by atoms with Crippen LogP contribution in [0.3, 0.4) is 0 Å². The lowest BCUT2D eigenvalue weighted by Gasteiger charge is -2.25. The van der Waals surface area contributed by atoms with Gasteiger partial charge >= 0.3 is 0 Å². The number of nitrogens with two attached hydrogens (primary N) is 1. The molecule has 1 aliphatic rings. The summed E-state index contributed by atoms with van der Waals surface area (Å²) in [6.45, 7) is 1.82. The lowest BCUT2D eigenvalue weighted by atomic mass is 9.83. The highest BCUT2D eigenvalue weighted by atomic mass is 32.2. The van der Waals surface area contributed by atoms with Crippen molar-refractivity contribution in [2.45, 2.75) is 37.5 Å². The first-order valence-electron chi connectivity index (χ1n) is 6.90. The summed E-state index contributed by atoms with van der Waals surface area (Å²) < 4.78 is 36.6. The Morgan fingerprint density at radius 3 is 2.62 bits per heavy atom. The average Bonchev–Trinajstić information content (AvgIpc) is 2.33. The maximum absolute atomic E-state index is 13.7. The highest BCUT2D eigenvalue weighted by molar-refractivity contribution is 7.89. The zero-order valence-electron chi connectivity index (χ0n) is 11.9. The second kappa shape index (κ2) is 6.11. The Bertz CT molecular complexity index is 654. The van der Waals surface area contributed by atoms with Crippen LogP contribution in [0.4, 0.5) is 4.39 Å². The molecule has 3 N–H and O–H groups in total. The zero-order valence-corrected chi connectivity index (χ0v) is 12.7. The van der Waals surface area contributed by atoms with Gasteiger partial charge in [-0.25, -0.2) is 17.9 Å². The van der Waals surface area contributed by atoms with E-state index in [1.807, 2.05) is 0 Å². The molecular formula is C14H19FN2O3S. The number of carbonyl (C=O) groups excluding carboxylic acids is 1. The predicted molar refractivity (Wildman–Crippen MR) is 76.8 cm³/mol. The third-order valence-electron chi connectivity index (χ3n) is 3.93. The summed E-state index contributed by atoms with van der Waals surface area (Å²) in [5.41, 5.74) is -0.112. The number of primary sulfonamides is 1. The summed E-state index contributed by atoms with van der Waals surface area (Å²) in [6.07, 6.45) is 4.50. The third kappa shape index (κ3) is 3.79. The predicted octanol–water partition coefficient (Wildman–Crippen LogP) is 1.70. The van der Waals surface area contributed by atoms with Crippen LogP contribution in [0.2, 0.25) is 0 Å². The van der Waals surface area contributed by atoms with Crippen LogP contribution in [0.5, 0.6) is 0 Å². The number of benzene rings is 1. The van der Waals surface area contributed by atoms with Gasteiger partial charge in [0, 0.05) is 17.7 Å². The molecule has 0 saturated heterocycles. The van der Waals surface area contributed by atoms with Gasteiger partial charge in [-0.1, -0.05) is 19.3 Å². The van der Waals surface area contributed by atoms with Crippen molar-refractivity contribution in [2.75, 3.05) is 6.54 Å². The average molecular weight is 314 g/mol. The normalized spacial score (nSPS) is 15.6. The van der Waals surface area contributed by atoms with Crippen LogP contribution < -0.4 is 10.5 Å². The molecule has 0 radical (unpaired) electrons. The molecule has 21 heavy (non-hydrogen) atoms. The van der Waals surface area contributed by atoms with Gasteiger partial charge in [-0.05, 0) is 31.4 Å². The van der Waals surface area contributed by atoms with Crippen LogP contribution in [0.25, 0.3) is 0 Å². The topological polar surface area (TPSA) is 89.3 Å². The molecule has 0 aromatic heterocycles. The summed E-state index contributed by atoms with van der Waals surface area (Å²) in [7, 11) is -4.06. The molecule has 0 bridgehead atoms. The van der Waals surface area contributed by atoms with Crippen molar-refractivity contribution in [2.24, 2.45) is 11.1 Å². The van der Waals surface area contributed by atoms with Crippen molar-refractivity contribution >= 4 is 15.9 Å². The van der Waals surface area contributed by atoms with Gasteiger partial charge in [0.15, 0.2) is 0 Å². The summed E-state index contributed by atoms with van der Waals surface area (Å²) in [6, 6.07) is 2.15. The van der Waals surface area contributed by atoms with Gasteiger partial charge in [-0.3, -0.25) is 4.79 Å². The smallest absolute Gasteiger partial charge is 0.251 e. The highest BCUT2D eigenvalue weighted by Crippen LogP contribution is 2.28. The zero-order chi connectivity index (χ0) is 15.6. The molecule has 1 saturated carbocycles. The van der Waals surface area contributed by atoms with E-state index in [0.29, 0.717) is 12.5 Å². The Balaban J connectivity index is 2.11. The molecule has 1 aromatic rings. The van der Waals surface area contributed by atoms with Crippen LogP contribution in [-0.2, 0) is 10.0 Å². The van der Waals surface area contributed by atoms with E-state index in [2.05, 4.69) is 5.32 Å². The minimum atomic E-state index is -4.06. The number of sulfonamides is 1. The van der Waals surface area contributed by atoms with Crippen LogP contribution in [0.1, 0.15) is 41.6 Å². The molecule has 5 nitrogen and oxygen atoms in total. The molecule has 0 spiro atoms. The number of hydrogen-bond acceptors (Lipinski definition) is 3. The van der Waals surface area contributed by atoms with Crippen molar-refractivity contribution in [1.29, 1.82) is 0 Å². The van der Waals surface area contributed by atoms with Gasteiger partial charge in [0.1, 0.15) is 5.82 Å². The fourth-order valence-corrected chi connectivity index (χ4v) is 3.17. The van der Waals surface area contributed by atoms with Gasteiger partial charge in [-0.2, -0.15) is 0 Å².